The minimum atomic E-state index is -4.78. The van der Waals surface area contributed by atoms with Gasteiger partial charge in [-0.3, -0.25) is 0 Å². The number of alkyl halides is 3. The third kappa shape index (κ3) is 2.70. The predicted molar refractivity (Wildman–Crippen MR) is 56.2 cm³/mol. The van der Waals surface area contributed by atoms with E-state index in [1.165, 1.54) is 0 Å². The van der Waals surface area contributed by atoms with Crippen LogP contribution < -0.4 is 5.73 Å². The second-order valence-corrected chi connectivity index (χ2v) is 3.96. The molecule has 1 rings (SSSR count). The largest absolute Gasteiger partial charge is 0.479 e. The quantitative estimate of drug-likeness (QED) is 0.731. The van der Waals surface area contributed by atoms with Gasteiger partial charge in [0.15, 0.2) is 6.10 Å². The predicted octanol–water partition coefficient (Wildman–Crippen LogP) is 2.17. The number of carboxylic acid groups (broad SMARTS) is 1. The first-order valence-electron chi connectivity index (χ1n) is 4.22. The Morgan fingerprint density at radius 2 is 1.94 bits per heavy atom. The van der Waals surface area contributed by atoms with Crippen LogP contribution in [-0.4, -0.2) is 16.2 Å². The minimum absolute atomic E-state index is 0.0895. The number of hydrogen-bond donors (Lipinski definition) is 3. The third-order valence-corrected chi connectivity index (χ3v) is 2.91. The number of carbonyl (C=O) groups is 1. The molecule has 1 aromatic carbocycles. The lowest BCUT2D eigenvalue weighted by molar-refractivity contribution is -0.149. The van der Waals surface area contributed by atoms with Crippen molar-refractivity contribution in [3.8, 4) is 0 Å². The number of aliphatic hydroxyl groups excluding tert-OH is 1. The Morgan fingerprint density at radius 1 is 1.41 bits per heavy atom. The van der Waals surface area contributed by atoms with E-state index in [1.54, 1.807) is 0 Å². The molecule has 8 heteroatoms. The van der Waals surface area contributed by atoms with Gasteiger partial charge in [-0.05, 0) is 28.1 Å². The summed E-state index contributed by atoms with van der Waals surface area (Å²) in [5, 5.41) is 17.8. The van der Waals surface area contributed by atoms with Crippen molar-refractivity contribution >= 4 is 27.6 Å². The highest BCUT2D eigenvalue weighted by atomic mass is 79.9. The Kier molecular flexibility index (Phi) is 3.68. The number of nitrogen functional groups attached to an aromatic ring is 1. The van der Waals surface area contributed by atoms with Crippen molar-refractivity contribution < 1.29 is 28.2 Å². The molecular formula is C9H7BrF3NO3. The monoisotopic (exact) mass is 313 g/mol. The van der Waals surface area contributed by atoms with Crippen LogP contribution in [0.3, 0.4) is 0 Å². The Hall–Kier alpha value is -1.28. The second kappa shape index (κ2) is 4.53. The molecular weight excluding hydrogens is 307 g/mol. The molecule has 0 heterocycles. The summed E-state index contributed by atoms with van der Waals surface area (Å²) in [5.74, 6) is -1.79. The standard InChI is InChI=1S/C9H7BrF3NO3/c10-6-4(14)2-1-3(9(11,12)13)5(6)7(15)8(16)17/h1-2,7,15H,14H2,(H,16,17). The first kappa shape index (κ1) is 13.8. The number of aliphatic hydroxyl groups is 1. The Balaban J connectivity index is 3.53. The molecule has 1 atom stereocenters. The molecule has 0 aliphatic carbocycles. The molecule has 1 aromatic rings. The van der Waals surface area contributed by atoms with Gasteiger partial charge in [-0.1, -0.05) is 0 Å². The highest BCUT2D eigenvalue weighted by Crippen LogP contribution is 2.40. The van der Waals surface area contributed by atoms with E-state index in [4.69, 9.17) is 10.8 Å². The fourth-order valence-corrected chi connectivity index (χ4v) is 1.81. The average Bonchev–Trinajstić information content (AvgIpc) is 2.19. The number of benzene rings is 1. The normalized spacial score (nSPS) is 13.5. The summed E-state index contributed by atoms with van der Waals surface area (Å²) in [6.45, 7) is 0. The SMILES string of the molecule is Nc1ccc(C(F)(F)F)c(C(O)C(=O)O)c1Br. The van der Waals surface area contributed by atoms with Gasteiger partial charge in [0, 0.05) is 15.7 Å². The molecule has 0 radical (unpaired) electrons. The summed E-state index contributed by atoms with van der Waals surface area (Å²) in [6.07, 6.45) is -7.08. The van der Waals surface area contributed by atoms with Crippen LogP contribution in [-0.2, 0) is 11.0 Å². The van der Waals surface area contributed by atoms with Gasteiger partial charge >= 0.3 is 12.1 Å². The zero-order chi connectivity index (χ0) is 13.4. The fourth-order valence-electron chi connectivity index (χ4n) is 1.25. The summed E-state index contributed by atoms with van der Waals surface area (Å²) in [6, 6.07) is 1.60. The zero-order valence-corrected chi connectivity index (χ0v) is 9.71. The maximum atomic E-state index is 12.6. The van der Waals surface area contributed by atoms with E-state index in [2.05, 4.69) is 15.9 Å². The molecule has 94 valence electrons. The van der Waals surface area contributed by atoms with Crippen LogP contribution in [0.1, 0.15) is 17.2 Å². The molecule has 0 saturated carbocycles. The van der Waals surface area contributed by atoms with Crippen molar-refractivity contribution in [3.05, 3.63) is 27.7 Å². The molecule has 0 spiro atoms. The van der Waals surface area contributed by atoms with Gasteiger partial charge < -0.3 is 15.9 Å². The van der Waals surface area contributed by atoms with Crippen LogP contribution >= 0.6 is 15.9 Å². The van der Waals surface area contributed by atoms with Gasteiger partial charge in [0.05, 0.1) is 5.56 Å². The lowest BCUT2D eigenvalue weighted by Crippen LogP contribution is -2.18. The van der Waals surface area contributed by atoms with Crippen molar-refractivity contribution in [2.75, 3.05) is 5.73 Å². The molecule has 0 saturated heterocycles. The number of hydrogen-bond acceptors (Lipinski definition) is 3. The molecule has 17 heavy (non-hydrogen) atoms. The molecule has 4 nitrogen and oxygen atoms in total. The number of aliphatic carboxylic acids is 1. The van der Waals surface area contributed by atoms with Crippen molar-refractivity contribution in [2.24, 2.45) is 0 Å². The molecule has 0 aliphatic heterocycles. The van der Waals surface area contributed by atoms with Crippen molar-refractivity contribution in [2.45, 2.75) is 12.3 Å². The highest BCUT2D eigenvalue weighted by molar-refractivity contribution is 9.10. The highest BCUT2D eigenvalue weighted by Gasteiger charge is 2.38. The Morgan fingerprint density at radius 3 is 2.35 bits per heavy atom. The van der Waals surface area contributed by atoms with Crippen LogP contribution in [0, 0.1) is 0 Å². The summed E-state index contributed by atoms with van der Waals surface area (Å²) >= 11 is 2.74. The number of nitrogens with two attached hydrogens (primary N) is 1. The van der Waals surface area contributed by atoms with E-state index in [9.17, 15) is 23.1 Å². The first-order valence-corrected chi connectivity index (χ1v) is 5.01. The smallest absolute Gasteiger partial charge is 0.416 e. The number of rotatable bonds is 2. The van der Waals surface area contributed by atoms with Crippen LogP contribution in [0.2, 0.25) is 0 Å². The fraction of sp³-hybridized carbons (Fsp3) is 0.222. The van der Waals surface area contributed by atoms with Crippen LogP contribution in [0.15, 0.2) is 16.6 Å². The van der Waals surface area contributed by atoms with Crippen LogP contribution in [0.4, 0.5) is 18.9 Å². The van der Waals surface area contributed by atoms with Crippen molar-refractivity contribution in [3.63, 3.8) is 0 Å². The maximum absolute atomic E-state index is 12.6. The molecule has 0 fully saturated rings. The van der Waals surface area contributed by atoms with Crippen LogP contribution in [0.25, 0.3) is 0 Å². The van der Waals surface area contributed by atoms with E-state index in [0.29, 0.717) is 6.07 Å². The van der Waals surface area contributed by atoms with Gasteiger partial charge in [-0.25, -0.2) is 4.79 Å². The number of carboxylic acids is 1. The maximum Gasteiger partial charge on any atom is 0.416 e. The van der Waals surface area contributed by atoms with E-state index >= 15 is 0 Å². The summed E-state index contributed by atoms with van der Waals surface area (Å²) in [7, 11) is 0. The van der Waals surface area contributed by atoms with E-state index in [0.717, 1.165) is 6.07 Å². The topological polar surface area (TPSA) is 83.5 Å². The number of halogens is 4. The summed E-state index contributed by atoms with van der Waals surface area (Å²) in [5.41, 5.74) is 3.22. The second-order valence-electron chi connectivity index (χ2n) is 3.17. The van der Waals surface area contributed by atoms with Gasteiger partial charge in [0.1, 0.15) is 0 Å². The van der Waals surface area contributed by atoms with Gasteiger partial charge in [0.2, 0.25) is 0 Å². The zero-order valence-electron chi connectivity index (χ0n) is 8.12. The first-order chi connectivity index (χ1) is 7.66. The number of anilines is 1. The summed E-state index contributed by atoms with van der Waals surface area (Å²) < 4.78 is 37.6. The molecule has 0 aliphatic rings. The lowest BCUT2D eigenvalue weighted by Gasteiger charge is -2.17. The molecule has 0 aromatic heterocycles. The van der Waals surface area contributed by atoms with E-state index < -0.39 is 29.4 Å². The van der Waals surface area contributed by atoms with E-state index in [-0.39, 0.29) is 10.2 Å². The van der Waals surface area contributed by atoms with Gasteiger partial charge in [0.25, 0.3) is 0 Å². The van der Waals surface area contributed by atoms with E-state index in [1.807, 2.05) is 0 Å². The minimum Gasteiger partial charge on any atom is -0.479 e. The Labute approximate surface area is 102 Å². The van der Waals surface area contributed by atoms with Crippen molar-refractivity contribution in [1.82, 2.24) is 0 Å². The van der Waals surface area contributed by atoms with Gasteiger partial charge in [-0.2, -0.15) is 13.2 Å². The van der Waals surface area contributed by atoms with Crippen LogP contribution in [0.5, 0.6) is 0 Å². The molecule has 0 bridgehead atoms. The average molecular weight is 314 g/mol. The van der Waals surface area contributed by atoms with Gasteiger partial charge in [-0.15, -0.1) is 0 Å². The molecule has 4 N–H and O–H groups in total. The summed E-state index contributed by atoms with van der Waals surface area (Å²) in [4.78, 5) is 10.6. The molecule has 1 unspecified atom stereocenters. The molecule has 0 amide bonds. The lowest BCUT2D eigenvalue weighted by atomic mass is 10.0. The third-order valence-electron chi connectivity index (χ3n) is 2.02. The van der Waals surface area contributed by atoms with Crippen molar-refractivity contribution in [1.29, 1.82) is 0 Å². The Bertz CT molecular complexity index is 462.